The average molecular weight is 211 g/mol. The number of halogens is 1. The monoisotopic (exact) mass is 211 g/mol. The summed E-state index contributed by atoms with van der Waals surface area (Å²) in [6.45, 7) is 6.03. The third-order valence-electron chi connectivity index (χ3n) is 2.27. The van der Waals surface area contributed by atoms with Crippen LogP contribution in [-0.4, -0.2) is 19.8 Å². The maximum absolute atomic E-state index is 13.3. The lowest BCUT2D eigenvalue weighted by atomic mass is 10.1. The first-order valence-corrected chi connectivity index (χ1v) is 5.31. The predicted molar refractivity (Wildman–Crippen MR) is 59.3 cm³/mol. The van der Waals surface area contributed by atoms with Crippen LogP contribution in [0.5, 0.6) is 0 Å². The number of hydrogen-bond acceptors (Lipinski definition) is 2. The van der Waals surface area contributed by atoms with Crippen molar-refractivity contribution in [2.45, 2.75) is 19.9 Å². The van der Waals surface area contributed by atoms with Gasteiger partial charge < -0.3 is 10.1 Å². The van der Waals surface area contributed by atoms with Crippen LogP contribution >= 0.6 is 0 Å². The molecule has 0 fully saturated rings. The molecular weight excluding hydrogens is 193 g/mol. The molecule has 0 aromatic heterocycles. The van der Waals surface area contributed by atoms with Crippen LogP contribution in [0, 0.1) is 5.82 Å². The lowest BCUT2D eigenvalue weighted by Gasteiger charge is -2.14. The molecule has 0 bridgehead atoms. The van der Waals surface area contributed by atoms with E-state index in [1.54, 1.807) is 12.1 Å². The number of benzene rings is 1. The minimum Gasteiger partial charge on any atom is -0.380 e. The zero-order valence-corrected chi connectivity index (χ0v) is 9.29. The fourth-order valence-corrected chi connectivity index (χ4v) is 1.43. The Balaban J connectivity index is 2.40. The first kappa shape index (κ1) is 12.1. The van der Waals surface area contributed by atoms with Crippen LogP contribution in [0.1, 0.15) is 25.5 Å². The Labute approximate surface area is 90.4 Å². The van der Waals surface area contributed by atoms with Crippen molar-refractivity contribution in [3.05, 3.63) is 35.6 Å². The van der Waals surface area contributed by atoms with Gasteiger partial charge in [-0.3, -0.25) is 0 Å². The van der Waals surface area contributed by atoms with Gasteiger partial charge in [0.15, 0.2) is 0 Å². The quantitative estimate of drug-likeness (QED) is 0.730. The molecule has 1 aromatic rings. The molecule has 84 valence electrons. The van der Waals surface area contributed by atoms with E-state index in [1.165, 1.54) is 6.07 Å². The van der Waals surface area contributed by atoms with Gasteiger partial charge in [0.05, 0.1) is 6.61 Å². The Bertz CT molecular complexity index is 291. The van der Waals surface area contributed by atoms with E-state index in [-0.39, 0.29) is 11.9 Å². The van der Waals surface area contributed by atoms with Gasteiger partial charge in [-0.15, -0.1) is 0 Å². The normalized spacial score (nSPS) is 12.7. The van der Waals surface area contributed by atoms with Crippen LogP contribution in [0.3, 0.4) is 0 Å². The van der Waals surface area contributed by atoms with Gasteiger partial charge in [-0.25, -0.2) is 4.39 Å². The molecule has 2 nitrogen and oxygen atoms in total. The highest BCUT2D eigenvalue weighted by molar-refractivity contribution is 5.20. The molecule has 3 heteroatoms. The molecule has 0 spiro atoms. The highest BCUT2D eigenvalue weighted by atomic mass is 19.1. The number of ether oxygens (including phenoxy) is 1. The first-order chi connectivity index (χ1) is 7.25. The van der Waals surface area contributed by atoms with E-state index in [2.05, 4.69) is 5.32 Å². The second kappa shape index (κ2) is 6.53. The summed E-state index contributed by atoms with van der Waals surface area (Å²) >= 11 is 0. The zero-order chi connectivity index (χ0) is 11.1. The molecule has 0 aliphatic carbocycles. The third kappa shape index (κ3) is 3.98. The van der Waals surface area contributed by atoms with Crippen molar-refractivity contribution in [1.29, 1.82) is 0 Å². The minimum atomic E-state index is -0.158. The van der Waals surface area contributed by atoms with E-state index >= 15 is 0 Å². The maximum atomic E-state index is 13.3. The van der Waals surface area contributed by atoms with E-state index < -0.39 is 0 Å². The Morgan fingerprint density at radius 1 is 1.40 bits per heavy atom. The van der Waals surface area contributed by atoms with Crippen molar-refractivity contribution in [3.8, 4) is 0 Å². The van der Waals surface area contributed by atoms with Crippen molar-refractivity contribution in [3.63, 3.8) is 0 Å². The summed E-state index contributed by atoms with van der Waals surface area (Å²) in [5.41, 5.74) is 0.703. The maximum Gasteiger partial charge on any atom is 0.127 e. The summed E-state index contributed by atoms with van der Waals surface area (Å²) in [4.78, 5) is 0. The van der Waals surface area contributed by atoms with Gasteiger partial charge in [-0.05, 0) is 19.9 Å². The highest BCUT2D eigenvalue weighted by Crippen LogP contribution is 2.15. The molecule has 15 heavy (non-hydrogen) atoms. The van der Waals surface area contributed by atoms with E-state index in [0.717, 1.165) is 13.2 Å². The van der Waals surface area contributed by atoms with Gasteiger partial charge in [0.1, 0.15) is 5.82 Å². The molecule has 0 aliphatic heterocycles. The summed E-state index contributed by atoms with van der Waals surface area (Å²) < 4.78 is 18.5. The molecule has 0 aliphatic rings. The second-order valence-electron chi connectivity index (χ2n) is 3.39. The predicted octanol–water partition coefficient (Wildman–Crippen LogP) is 2.51. The van der Waals surface area contributed by atoms with Crippen molar-refractivity contribution in [2.24, 2.45) is 0 Å². The summed E-state index contributed by atoms with van der Waals surface area (Å²) in [7, 11) is 0. The third-order valence-corrected chi connectivity index (χ3v) is 2.27. The van der Waals surface area contributed by atoms with Crippen molar-refractivity contribution >= 4 is 0 Å². The molecule has 0 saturated heterocycles. The largest absolute Gasteiger partial charge is 0.380 e. The van der Waals surface area contributed by atoms with E-state index in [4.69, 9.17) is 4.74 Å². The summed E-state index contributed by atoms with van der Waals surface area (Å²) in [6, 6.07) is 6.85. The summed E-state index contributed by atoms with van der Waals surface area (Å²) in [6.07, 6.45) is 0. The molecule has 1 rings (SSSR count). The minimum absolute atomic E-state index is 0.0201. The highest BCUT2D eigenvalue weighted by Gasteiger charge is 2.08. The molecule has 0 amide bonds. The number of rotatable bonds is 6. The zero-order valence-electron chi connectivity index (χ0n) is 9.29. The van der Waals surface area contributed by atoms with Crippen molar-refractivity contribution < 1.29 is 9.13 Å². The van der Waals surface area contributed by atoms with E-state index in [1.807, 2.05) is 19.9 Å². The number of hydrogen-bond donors (Lipinski definition) is 1. The van der Waals surface area contributed by atoms with Crippen molar-refractivity contribution in [1.82, 2.24) is 5.32 Å². The van der Waals surface area contributed by atoms with Gasteiger partial charge in [0, 0.05) is 24.8 Å². The van der Waals surface area contributed by atoms with Crippen LogP contribution in [0.25, 0.3) is 0 Å². The Kier molecular flexibility index (Phi) is 5.29. The van der Waals surface area contributed by atoms with Gasteiger partial charge >= 0.3 is 0 Å². The van der Waals surface area contributed by atoms with Crippen LogP contribution in [-0.2, 0) is 4.74 Å². The van der Waals surface area contributed by atoms with Crippen LogP contribution < -0.4 is 5.32 Å². The standard InChI is InChI=1S/C12H18FNO/c1-3-15-9-8-14-10(2)11-6-4-5-7-12(11)13/h4-7,10,14H,3,8-9H2,1-2H3. The average Bonchev–Trinajstić information content (AvgIpc) is 2.25. The molecule has 0 saturated carbocycles. The number of nitrogens with one attached hydrogen (secondary N) is 1. The van der Waals surface area contributed by atoms with Crippen molar-refractivity contribution in [2.75, 3.05) is 19.8 Å². The van der Waals surface area contributed by atoms with Crippen LogP contribution in [0.4, 0.5) is 4.39 Å². The molecule has 0 heterocycles. The van der Waals surface area contributed by atoms with Crippen LogP contribution in [0.2, 0.25) is 0 Å². The van der Waals surface area contributed by atoms with Gasteiger partial charge in [-0.2, -0.15) is 0 Å². The van der Waals surface area contributed by atoms with Gasteiger partial charge in [0.25, 0.3) is 0 Å². The molecule has 0 radical (unpaired) electrons. The van der Waals surface area contributed by atoms with E-state index in [9.17, 15) is 4.39 Å². The lowest BCUT2D eigenvalue weighted by Crippen LogP contribution is -2.23. The summed E-state index contributed by atoms with van der Waals surface area (Å²) in [5, 5.41) is 3.21. The topological polar surface area (TPSA) is 21.3 Å². The fraction of sp³-hybridized carbons (Fsp3) is 0.500. The molecular formula is C12H18FNO. The Hall–Kier alpha value is -0.930. The second-order valence-corrected chi connectivity index (χ2v) is 3.39. The van der Waals surface area contributed by atoms with Gasteiger partial charge in [0.2, 0.25) is 0 Å². The Morgan fingerprint density at radius 3 is 2.80 bits per heavy atom. The first-order valence-electron chi connectivity index (χ1n) is 5.31. The smallest absolute Gasteiger partial charge is 0.127 e. The molecule has 1 unspecified atom stereocenters. The van der Waals surface area contributed by atoms with Gasteiger partial charge in [-0.1, -0.05) is 18.2 Å². The summed E-state index contributed by atoms with van der Waals surface area (Å²) in [5.74, 6) is -0.158. The molecule has 1 N–H and O–H groups in total. The van der Waals surface area contributed by atoms with E-state index in [0.29, 0.717) is 12.2 Å². The van der Waals surface area contributed by atoms with Crippen LogP contribution in [0.15, 0.2) is 24.3 Å². The molecule has 1 atom stereocenters. The SMILES string of the molecule is CCOCCNC(C)c1ccccc1F. The molecule has 1 aromatic carbocycles. The Morgan fingerprint density at radius 2 is 2.13 bits per heavy atom. The fourth-order valence-electron chi connectivity index (χ4n) is 1.43. The lowest BCUT2D eigenvalue weighted by molar-refractivity contribution is 0.147.